The lowest BCUT2D eigenvalue weighted by atomic mass is 9.98. The van der Waals surface area contributed by atoms with Crippen LogP contribution in [0.25, 0.3) is 0 Å². The van der Waals surface area contributed by atoms with Crippen LogP contribution in [0.15, 0.2) is 58.9 Å². The molecule has 3 rings (SSSR count). The topological polar surface area (TPSA) is 101 Å². The van der Waals surface area contributed by atoms with Gasteiger partial charge in [-0.2, -0.15) is 0 Å². The Hall–Kier alpha value is -2.33. The van der Waals surface area contributed by atoms with Crippen molar-refractivity contribution in [3.05, 3.63) is 70.7 Å². The molecule has 1 aromatic heterocycles. The first-order chi connectivity index (χ1) is 14.3. The monoisotopic (exact) mass is 464 g/mol. The van der Waals surface area contributed by atoms with E-state index in [1.165, 1.54) is 0 Å². The highest BCUT2D eigenvalue weighted by atomic mass is 35.5. The Balaban J connectivity index is 1.77. The molecule has 0 saturated heterocycles. The number of nitrogens with zero attached hydrogens (tertiary/aromatic N) is 2. The molecule has 1 unspecified atom stereocenters. The lowest BCUT2D eigenvalue weighted by Crippen LogP contribution is -2.29. The summed E-state index contributed by atoms with van der Waals surface area (Å²) in [6.45, 7) is 4.05. The molecule has 2 N–H and O–H groups in total. The first-order valence-electron chi connectivity index (χ1n) is 9.23. The second-order valence-electron chi connectivity index (χ2n) is 7.02. The highest BCUT2D eigenvalue weighted by molar-refractivity contribution is 7.91. The summed E-state index contributed by atoms with van der Waals surface area (Å²) in [5, 5.41) is 10.4. The number of carbonyl (C=O) groups is 1. The molecule has 7 nitrogen and oxygen atoms in total. The third kappa shape index (κ3) is 5.63. The molecule has 1 atom stereocenters. The molecule has 0 saturated carbocycles. The predicted molar refractivity (Wildman–Crippen MR) is 118 cm³/mol. The van der Waals surface area contributed by atoms with Crippen LogP contribution >= 0.6 is 22.9 Å². The highest BCUT2D eigenvalue weighted by Gasteiger charge is 2.26. The Bertz CT molecular complexity index is 1120. The van der Waals surface area contributed by atoms with Crippen LogP contribution in [0.2, 0.25) is 5.02 Å². The van der Waals surface area contributed by atoms with Crippen molar-refractivity contribution in [2.45, 2.75) is 30.6 Å². The van der Waals surface area contributed by atoms with Gasteiger partial charge in [-0.25, -0.2) is 13.1 Å². The van der Waals surface area contributed by atoms with Crippen LogP contribution in [0, 0.1) is 5.92 Å². The van der Waals surface area contributed by atoms with E-state index in [-0.39, 0.29) is 26.0 Å². The number of benzene rings is 2. The Kier molecular flexibility index (Phi) is 7.19. The van der Waals surface area contributed by atoms with E-state index in [1.807, 2.05) is 44.2 Å². The SMILES string of the molecule is CC(C)CC(NS(=O)(=O)c1nnc(NC(=O)c2ccccc2Cl)s1)c1ccccc1. The number of halogens is 1. The minimum absolute atomic E-state index is 0.0698. The van der Waals surface area contributed by atoms with E-state index in [0.29, 0.717) is 6.42 Å². The summed E-state index contributed by atoms with van der Waals surface area (Å²) in [5.41, 5.74) is 1.13. The molecular formula is C20H21ClN4O3S2. The summed E-state index contributed by atoms with van der Waals surface area (Å²) < 4.78 is 28.3. The van der Waals surface area contributed by atoms with Crippen molar-refractivity contribution in [3.63, 3.8) is 0 Å². The molecule has 0 fully saturated rings. The van der Waals surface area contributed by atoms with Gasteiger partial charge in [0.15, 0.2) is 0 Å². The molecule has 0 aliphatic rings. The highest BCUT2D eigenvalue weighted by Crippen LogP contribution is 2.26. The van der Waals surface area contributed by atoms with Crippen molar-refractivity contribution in [3.8, 4) is 0 Å². The van der Waals surface area contributed by atoms with Gasteiger partial charge in [0.05, 0.1) is 10.6 Å². The van der Waals surface area contributed by atoms with Gasteiger partial charge in [0, 0.05) is 6.04 Å². The van der Waals surface area contributed by atoms with Gasteiger partial charge in [-0.1, -0.05) is 79.2 Å². The Morgan fingerprint density at radius 2 is 1.73 bits per heavy atom. The zero-order valence-electron chi connectivity index (χ0n) is 16.4. The van der Waals surface area contributed by atoms with Gasteiger partial charge in [-0.05, 0) is 30.0 Å². The van der Waals surface area contributed by atoms with Gasteiger partial charge < -0.3 is 0 Å². The van der Waals surface area contributed by atoms with Gasteiger partial charge in [0.2, 0.25) is 9.47 Å². The number of carbonyl (C=O) groups excluding carboxylic acids is 1. The molecule has 10 heteroatoms. The second-order valence-corrected chi connectivity index (χ2v) is 10.3. The summed E-state index contributed by atoms with van der Waals surface area (Å²) in [4.78, 5) is 12.4. The molecule has 1 heterocycles. The third-order valence-electron chi connectivity index (χ3n) is 4.18. The van der Waals surface area contributed by atoms with Crippen molar-refractivity contribution < 1.29 is 13.2 Å². The smallest absolute Gasteiger partial charge is 0.270 e. The van der Waals surface area contributed by atoms with Crippen LogP contribution in [-0.2, 0) is 10.0 Å². The van der Waals surface area contributed by atoms with E-state index in [0.717, 1.165) is 16.9 Å². The normalized spacial score (nSPS) is 12.7. The van der Waals surface area contributed by atoms with Crippen LogP contribution in [0.4, 0.5) is 5.13 Å². The maximum atomic E-state index is 12.9. The van der Waals surface area contributed by atoms with E-state index < -0.39 is 22.0 Å². The van der Waals surface area contributed by atoms with E-state index >= 15 is 0 Å². The minimum Gasteiger partial charge on any atom is -0.296 e. The second kappa shape index (κ2) is 9.65. The summed E-state index contributed by atoms with van der Waals surface area (Å²) in [5.74, 6) is -0.214. The van der Waals surface area contributed by atoms with E-state index in [9.17, 15) is 13.2 Å². The van der Waals surface area contributed by atoms with Gasteiger partial charge >= 0.3 is 0 Å². The van der Waals surface area contributed by atoms with E-state index in [2.05, 4.69) is 20.2 Å². The zero-order chi connectivity index (χ0) is 21.7. The first-order valence-corrected chi connectivity index (χ1v) is 11.9. The van der Waals surface area contributed by atoms with Crippen LogP contribution in [-0.4, -0.2) is 24.5 Å². The fraction of sp³-hybridized carbons (Fsp3) is 0.250. The molecule has 3 aromatic rings. The number of amides is 1. The maximum Gasteiger partial charge on any atom is 0.270 e. The van der Waals surface area contributed by atoms with Gasteiger partial charge in [0.25, 0.3) is 15.9 Å². The Morgan fingerprint density at radius 3 is 2.40 bits per heavy atom. The largest absolute Gasteiger partial charge is 0.296 e. The molecule has 0 bridgehead atoms. The maximum absolute atomic E-state index is 12.9. The number of aromatic nitrogens is 2. The Morgan fingerprint density at radius 1 is 1.07 bits per heavy atom. The van der Waals surface area contributed by atoms with Gasteiger partial charge in [0.1, 0.15) is 0 Å². The number of sulfonamides is 1. The molecule has 30 heavy (non-hydrogen) atoms. The molecule has 0 spiro atoms. The van der Waals surface area contributed by atoms with Crippen molar-refractivity contribution in [1.29, 1.82) is 0 Å². The molecule has 1 amide bonds. The van der Waals surface area contributed by atoms with E-state index in [1.54, 1.807) is 24.3 Å². The number of hydrogen-bond acceptors (Lipinski definition) is 6. The lowest BCUT2D eigenvalue weighted by molar-refractivity contribution is 0.102. The fourth-order valence-electron chi connectivity index (χ4n) is 2.83. The average molecular weight is 465 g/mol. The van der Waals surface area contributed by atoms with Crippen molar-refractivity contribution in [2.24, 2.45) is 5.92 Å². The van der Waals surface area contributed by atoms with Crippen LogP contribution in [0.3, 0.4) is 0 Å². The molecule has 158 valence electrons. The quantitative estimate of drug-likeness (QED) is 0.477. The molecule has 2 aromatic carbocycles. The minimum atomic E-state index is -3.92. The summed E-state index contributed by atoms with van der Waals surface area (Å²) >= 11 is 6.80. The zero-order valence-corrected chi connectivity index (χ0v) is 18.8. The predicted octanol–water partition coefficient (Wildman–Crippen LogP) is 4.51. The van der Waals surface area contributed by atoms with Gasteiger partial charge in [-0.15, -0.1) is 10.2 Å². The number of anilines is 1. The van der Waals surface area contributed by atoms with Gasteiger partial charge in [-0.3, -0.25) is 10.1 Å². The lowest BCUT2D eigenvalue weighted by Gasteiger charge is -2.20. The van der Waals surface area contributed by atoms with Crippen molar-refractivity contribution in [2.75, 3.05) is 5.32 Å². The average Bonchev–Trinajstić information content (AvgIpc) is 3.17. The molecule has 0 aliphatic carbocycles. The number of rotatable bonds is 8. The first kappa shape index (κ1) is 22.4. The summed E-state index contributed by atoms with van der Waals surface area (Å²) in [6.07, 6.45) is 0.623. The number of nitrogens with one attached hydrogen (secondary N) is 2. The van der Waals surface area contributed by atoms with E-state index in [4.69, 9.17) is 11.6 Å². The van der Waals surface area contributed by atoms with Crippen LogP contribution < -0.4 is 10.0 Å². The molecular weight excluding hydrogens is 444 g/mol. The molecule has 0 radical (unpaired) electrons. The molecule has 0 aliphatic heterocycles. The van der Waals surface area contributed by atoms with Crippen molar-refractivity contribution in [1.82, 2.24) is 14.9 Å². The van der Waals surface area contributed by atoms with Crippen molar-refractivity contribution >= 4 is 44.0 Å². The fourth-order valence-corrected chi connectivity index (χ4v) is 5.20. The number of hydrogen-bond donors (Lipinski definition) is 2. The third-order valence-corrected chi connectivity index (χ3v) is 7.19. The summed E-state index contributed by atoms with van der Waals surface area (Å²) in [7, 11) is -3.92. The standard InChI is InChI=1S/C20H21ClN4O3S2/c1-13(2)12-17(14-8-4-3-5-9-14)25-30(27,28)20-24-23-19(29-20)22-18(26)15-10-6-7-11-16(15)21/h3-11,13,17,25H,12H2,1-2H3,(H,22,23,26). The Labute approximate surface area is 184 Å². The van der Waals surface area contributed by atoms with Crippen LogP contribution in [0.1, 0.15) is 42.2 Å². The van der Waals surface area contributed by atoms with Crippen LogP contribution in [0.5, 0.6) is 0 Å². The summed E-state index contributed by atoms with van der Waals surface area (Å²) in [6, 6.07) is 15.5.